The van der Waals surface area contributed by atoms with Gasteiger partial charge in [-0.15, -0.1) is 0 Å². The fourth-order valence-corrected chi connectivity index (χ4v) is 2.41. The van der Waals surface area contributed by atoms with Crippen LogP contribution in [0.2, 0.25) is 0 Å². The summed E-state index contributed by atoms with van der Waals surface area (Å²) in [7, 11) is 2.04. The third-order valence-corrected chi connectivity index (χ3v) is 3.92. The largest absolute Gasteiger partial charge is 0.492 e. The highest BCUT2D eigenvalue weighted by Gasteiger charge is 2.24. The number of ether oxygens (including phenoxy) is 2. The average molecular weight is 325 g/mol. The van der Waals surface area contributed by atoms with Gasteiger partial charge in [0, 0.05) is 10.7 Å². The number of benzene rings is 1. The van der Waals surface area contributed by atoms with Crippen molar-refractivity contribution in [1.82, 2.24) is 0 Å². The average Bonchev–Trinajstić information content (AvgIpc) is 2.36. The molecule has 0 saturated heterocycles. The Labute approximate surface area is 121 Å². The summed E-state index contributed by atoms with van der Waals surface area (Å²) >= 11 is 0. The van der Waals surface area contributed by atoms with Gasteiger partial charge in [0.15, 0.2) is 11.6 Å². The van der Waals surface area contributed by atoms with E-state index < -0.39 is 31.5 Å². The van der Waals surface area contributed by atoms with Gasteiger partial charge in [-0.05, 0) is 25.5 Å². The maximum Gasteiger partial charge on any atom is 0.338 e. The van der Waals surface area contributed by atoms with Crippen LogP contribution in [0.4, 0.5) is 4.39 Å². The molecule has 1 aromatic rings. The van der Waals surface area contributed by atoms with Crippen LogP contribution in [0.3, 0.4) is 0 Å². The number of esters is 1. The molecule has 5 nitrogen and oxygen atoms in total. The van der Waals surface area contributed by atoms with E-state index in [0.29, 0.717) is 6.42 Å². The molecule has 0 radical (unpaired) electrons. The number of hydrogen-bond donors (Lipinski definition) is 0. The zero-order valence-corrected chi connectivity index (χ0v) is 12.7. The normalized spacial score (nSPS) is 12.8. The summed E-state index contributed by atoms with van der Waals surface area (Å²) in [6.07, 6.45) is 0.203. The fraction of sp³-hybridized carbons (Fsp3) is 0.417. The van der Waals surface area contributed by atoms with Crippen molar-refractivity contribution in [2.75, 3.05) is 7.11 Å². The van der Waals surface area contributed by atoms with E-state index in [1.54, 1.807) is 13.8 Å². The first-order valence-corrected chi connectivity index (χ1v) is 8.04. The number of methoxy groups -OCH3 is 1. The highest BCUT2D eigenvalue weighted by Crippen LogP contribution is 2.31. The van der Waals surface area contributed by atoms with Crippen LogP contribution in [0.25, 0.3) is 0 Å². The molecule has 20 heavy (non-hydrogen) atoms. The van der Waals surface area contributed by atoms with Crippen LogP contribution in [0.15, 0.2) is 17.0 Å². The van der Waals surface area contributed by atoms with Crippen molar-refractivity contribution >= 4 is 25.7 Å². The van der Waals surface area contributed by atoms with Crippen molar-refractivity contribution in [3.8, 4) is 5.75 Å². The van der Waals surface area contributed by atoms with E-state index in [-0.39, 0.29) is 11.7 Å². The quantitative estimate of drug-likeness (QED) is 0.615. The van der Waals surface area contributed by atoms with E-state index in [0.717, 1.165) is 19.2 Å². The predicted molar refractivity (Wildman–Crippen MR) is 71.2 cm³/mol. The highest BCUT2D eigenvalue weighted by atomic mass is 35.7. The van der Waals surface area contributed by atoms with Crippen LogP contribution in [0.1, 0.15) is 30.6 Å². The first-order chi connectivity index (χ1) is 9.20. The second kappa shape index (κ2) is 6.41. The molecule has 0 amide bonds. The molecule has 112 valence electrons. The zero-order chi connectivity index (χ0) is 15.5. The third-order valence-electron chi connectivity index (χ3n) is 2.60. The Hall–Kier alpha value is -1.34. The minimum Gasteiger partial charge on any atom is -0.492 e. The number of hydrogen-bond acceptors (Lipinski definition) is 5. The molecule has 0 spiro atoms. The molecular formula is C12H14ClFO5S. The molecule has 1 aromatic carbocycles. The van der Waals surface area contributed by atoms with Crippen molar-refractivity contribution in [1.29, 1.82) is 0 Å². The fourth-order valence-electron chi connectivity index (χ4n) is 1.40. The number of carbonyl (C=O) groups is 1. The van der Waals surface area contributed by atoms with Crippen LogP contribution in [0.5, 0.6) is 5.75 Å². The topological polar surface area (TPSA) is 69.7 Å². The molecule has 8 heteroatoms. The van der Waals surface area contributed by atoms with E-state index in [1.165, 1.54) is 0 Å². The van der Waals surface area contributed by atoms with Gasteiger partial charge < -0.3 is 9.47 Å². The van der Waals surface area contributed by atoms with E-state index in [4.69, 9.17) is 15.4 Å². The summed E-state index contributed by atoms with van der Waals surface area (Å²) in [5.74, 6) is -2.38. The first kappa shape index (κ1) is 16.7. The van der Waals surface area contributed by atoms with E-state index in [2.05, 4.69) is 4.74 Å². The number of halogens is 2. The molecular weight excluding hydrogens is 311 g/mol. The molecule has 0 saturated carbocycles. The SMILES string of the molecule is CCC(C)OC(=O)c1cc(F)c(OC)c(S(=O)(=O)Cl)c1. The number of carbonyl (C=O) groups excluding carboxylic acids is 1. The summed E-state index contributed by atoms with van der Waals surface area (Å²) in [4.78, 5) is 11.2. The Bertz CT molecular complexity index is 615. The molecule has 0 fully saturated rings. The van der Waals surface area contributed by atoms with Gasteiger partial charge in [-0.1, -0.05) is 6.92 Å². The Balaban J connectivity index is 3.32. The molecule has 0 aliphatic rings. The lowest BCUT2D eigenvalue weighted by Gasteiger charge is -2.13. The molecule has 0 aliphatic carbocycles. The van der Waals surface area contributed by atoms with Crippen molar-refractivity contribution in [3.63, 3.8) is 0 Å². The molecule has 0 N–H and O–H groups in total. The molecule has 1 unspecified atom stereocenters. The standard InChI is InChI=1S/C12H14ClFO5S/c1-4-7(2)19-12(15)8-5-9(14)11(18-3)10(6-8)20(13,16)17/h5-7H,4H2,1-3H3. The minimum atomic E-state index is -4.26. The highest BCUT2D eigenvalue weighted by molar-refractivity contribution is 8.13. The Morgan fingerprint density at radius 3 is 2.50 bits per heavy atom. The van der Waals surface area contributed by atoms with Crippen LogP contribution in [-0.4, -0.2) is 27.6 Å². The van der Waals surface area contributed by atoms with Gasteiger partial charge in [0.2, 0.25) is 0 Å². The van der Waals surface area contributed by atoms with Gasteiger partial charge in [0.05, 0.1) is 18.8 Å². The van der Waals surface area contributed by atoms with Gasteiger partial charge in [0.25, 0.3) is 9.05 Å². The molecule has 1 atom stereocenters. The minimum absolute atomic E-state index is 0.247. The predicted octanol–water partition coefficient (Wildman–Crippen LogP) is 2.72. The van der Waals surface area contributed by atoms with Crippen LogP contribution >= 0.6 is 10.7 Å². The lowest BCUT2D eigenvalue weighted by Crippen LogP contribution is -2.15. The molecule has 0 heterocycles. The maximum absolute atomic E-state index is 13.8. The summed E-state index contributed by atoms with van der Waals surface area (Å²) in [6, 6.07) is 1.77. The summed E-state index contributed by atoms with van der Waals surface area (Å²) in [5.41, 5.74) is -0.247. The maximum atomic E-state index is 13.8. The van der Waals surface area contributed by atoms with Crippen LogP contribution in [-0.2, 0) is 13.8 Å². The van der Waals surface area contributed by atoms with Crippen molar-refractivity contribution in [2.24, 2.45) is 0 Å². The smallest absolute Gasteiger partial charge is 0.338 e. The molecule has 0 aromatic heterocycles. The Kier molecular flexibility index (Phi) is 5.35. The molecule has 0 aliphatic heterocycles. The van der Waals surface area contributed by atoms with Crippen molar-refractivity contribution in [3.05, 3.63) is 23.5 Å². The monoisotopic (exact) mass is 324 g/mol. The summed E-state index contributed by atoms with van der Waals surface area (Å²) < 4.78 is 46.2. The van der Waals surface area contributed by atoms with E-state index in [9.17, 15) is 17.6 Å². The van der Waals surface area contributed by atoms with E-state index in [1.807, 2.05) is 0 Å². The number of rotatable bonds is 5. The molecule has 0 bridgehead atoms. The second-order valence-electron chi connectivity index (χ2n) is 4.05. The zero-order valence-electron chi connectivity index (χ0n) is 11.1. The van der Waals surface area contributed by atoms with Gasteiger partial charge >= 0.3 is 5.97 Å². The third kappa shape index (κ3) is 3.83. The van der Waals surface area contributed by atoms with Crippen molar-refractivity contribution in [2.45, 2.75) is 31.3 Å². The first-order valence-electron chi connectivity index (χ1n) is 5.73. The van der Waals surface area contributed by atoms with Gasteiger partial charge in [-0.2, -0.15) is 0 Å². The lowest BCUT2D eigenvalue weighted by molar-refractivity contribution is 0.0333. The van der Waals surface area contributed by atoms with Gasteiger partial charge in [0.1, 0.15) is 4.90 Å². The Morgan fingerprint density at radius 2 is 2.05 bits per heavy atom. The van der Waals surface area contributed by atoms with Gasteiger partial charge in [-0.25, -0.2) is 17.6 Å². The lowest BCUT2D eigenvalue weighted by atomic mass is 10.2. The summed E-state index contributed by atoms with van der Waals surface area (Å²) in [5, 5.41) is 0. The van der Waals surface area contributed by atoms with Crippen LogP contribution in [0, 0.1) is 5.82 Å². The van der Waals surface area contributed by atoms with Crippen molar-refractivity contribution < 1.29 is 27.1 Å². The van der Waals surface area contributed by atoms with Gasteiger partial charge in [-0.3, -0.25) is 0 Å². The van der Waals surface area contributed by atoms with Crippen LogP contribution < -0.4 is 4.74 Å². The summed E-state index contributed by atoms with van der Waals surface area (Å²) in [6.45, 7) is 3.47. The second-order valence-corrected chi connectivity index (χ2v) is 6.59. The Morgan fingerprint density at radius 1 is 1.45 bits per heavy atom. The molecule has 1 rings (SSSR count). The van der Waals surface area contributed by atoms with E-state index >= 15 is 0 Å².